The molecule has 2 rings (SSSR count). The molecule has 0 aromatic heterocycles. The van der Waals surface area contributed by atoms with Gasteiger partial charge in [-0.15, -0.1) is 0 Å². The Kier molecular flexibility index (Phi) is 8.21. The van der Waals surface area contributed by atoms with Gasteiger partial charge in [-0.25, -0.2) is 9.59 Å². The van der Waals surface area contributed by atoms with Crippen molar-refractivity contribution < 1.29 is 23.9 Å². The molecule has 0 spiro atoms. The van der Waals surface area contributed by atoms with Crippen LogP contribution in [0.2, 0.25) is 0 Å². The number of fused-ring (bicyclic) bond motifs is 1. The Morgan fingerprint density at radius 2 is 1.76 bits per heavy atom. The molecular formula is C23H27ClO5. The molecule has 29 heavy (non-hydrogen) atoms. The van der Waals surface area contributed by atoms with Crippen LogP contribution in [0.25, 0.3) is 6.08 Å². The van der Waals surface area contributed by atoms with Crippen LogP contribution in [0.4, 0.5) is 0 Å². The van der Waals surface area contributed by atoms with Crippen molar-refractivity contribution in [3.63, 3.8) is 0 Å². The van der Waals surface area contributed by atoms with E-state index in [2.05, 4.69) is 6.92 Å². The van der Waals surface area contributed by atoms with E-state index in [4.69, 9.17) is 21.1 Å². The molecule has 0 N–H and O–H groups in total. The predicted molar refractivity (Wildman–Crippen MR) is 112 cm³/mol. The molecule has 0 saturated carbocycles. The van der Waals surface area contributed by atoms with Crippen molar-refractivity contribution in [1.82, 2.24) is 0 Å². The molecule has 1 aliphatic carbocycles. The fourth-order valence-electron chi connectivity index (χ4n) is 3.83. The molecule has 0 amide bonds. The van der Waals surface area contributed by atoms with Crippen LogP contribution < -0.4 is 0 Å². The number of ether oxygens (including phenoxy) is 2. The van der Waals surface area contributed by atoms with Gasteiger partial charge in [0.2, 0.25) is 0 Å². The van der Waals surface area contributed by atoms with Crippen molar-refractivity contribution in [3.8, 4) is 0 Å². The summed E-state index contributed by atoms with van der Waals surface area (Å²) < 4.78 is 9.69. The SMILES string of the molecule is CCCCCCC[C@]1(/C(=C/C(=O)OC)C(=O)OC)C(=O)C(Cl)=Cc2ccccc21. The van der Waals surface area contributed by atoms with Crippen LogP contribution in [-0.2, 0) is 29.3 Å². The van der Waals surface area contributed by atoms with Crippen molar-refractivity contribution in [3.05, 3.63) is 52.1 Å². The van der Waals surface area contributed by atoms with E-state index >= 15 is 0 Å². The Labute approximate surface area is 176 Å². The maximum absolute atomic E-state index is 13.5. The first kappa shape index (κ1) is 22.9. The van der Waals surface area contributed by atoms with Crippen LogP contribution in [0.15, 0.2) is 40.9 Å². The monoisotopic (exact) mass is 418 g/mol. The van der Waals surface area contributed by atoms with E-state index in [1.54, 1.807) is 18.2 Å². The number of hydrogen-bond acceptors (Lipinski definition) is 5. The molecule has 0 unspecified atom stereocenters. The smallest absolute Gasteiger partial charge is 0.335 e. The lowest BCUT2D eigenvalue weighted by Crippen LogP contribution is -2.44. The summed E-state index contributed by atoms with van der Waals surface area (Å²) in [6.45, 7) is 2.13. The maximum Gasteiger partial charge on any atom is 0.335 e. The first-order chi connectivity index (χ1) is 13.9. The van der Waals surface area contributed by atoms with E-state index in [0.29, 0.717) is 18.4 Å². The maximum atomic E-state index is 13.5. The number of allylic oxidation sites excluding steroid dienone is 1. The van der Waals surface area contributed by atoms with Gasteiger partial charge in [0.05, 0.1) is 30.2 Å². The van der Waals surface area contributed by atoms with E-state index in [1.165, 1.54) is 14.2 Å². The average molecular weight is 419 g/mol. The second kappa shape index (κ2) is 10.4. The molecule has 6 heteroatoms. The molecule has 0 heterocycles. The van der Waals surface area contributed by atoms with Crippen LogP contribution in [0.3, 0.4) is 0 Å². The van der Waals surface area contributed by atoms with Crippen molar-refractivity contribution in [2.45, 2.75) is 50.9 Å². The fraction of sp³-hybridized carbons (Fsp3) is 0.435. The predicted octanol–water partition coefficient (Wildman–Crippen LogP) is 4.72. The molecule has 1 aromatic rings. The minimum Gasteiger partial charge on any atom is -0.466 e. The van der Waals surface area contributed by atoms with Gasteiger partial charge in [-0.2, -0.15) is 0 Å². The molecule has 0 saturated heterocycles. The van der Waals surface area contributed by atoms with Gasteiger partial charge in [0, 0.05) is 6.08 Å². The summed E-state index contributed by atoms with van der Waals surface area (Å²) >= 11 is 6.32. The summed E-state index contributed by atoms with van der Waals surface area (Å²) in [5, 5.41) is 0.0249. The third-order valence-electron chi connectivity index (χ3n) is 5.29. The van der Waals surface area contributed by atoms with E-state index < -0.39 is 23.1 Å². The number of ketones is 1. The Balaban J connectivity index is 2.66. The third-order valence-corrected chi connectivity index (χ3v) is 5.57. The molecule has 156 valence electrons. The number of carbonyl (C=O) groups is 3. The van der Waals surface area contributed by atoms with Gasteiger partial charge in [-0.1, -0.05) is 74.9 Å². The lowest BCUT2D eigenvalue weighted by atomic mass is 9.64. The number of methoxy groups -OCH3 is 2. The number of halogens is 1. The molecule has 0 aliphatic heterocycles. The lowest BCUT2D eigenvalue weighted by molar-refractivity contribution is -0.140. The van der Waals surface area contributed by atoms with E-state index in [0.717, 1.165) is 37.3 Å². The topological polar surface area (TPSA) is 69.7 Å². The summed E-state index contributed by atoms with van der Waals surface area (Å²) in [7, 11) is 2.44. The fourth-order valence-corrected chi connectivity index (χ4v) is 4.11. The third kappa shape index (κ3) is 4.78. The number of hydrogen-bond donors (Lipinski definition) is 0. The molecule has 0 bridgehead atoms. The highest BCUT2D eigenvalue weighted by Crippen LogP contribution is 2.46. The molecule has 1 atom stereocenters. The highest BCUT2D eigenvalue weighted by molar-refractivity contribution is 6.47. The number of carbonyl (C=O) groups excluding carboxylic acids is 3. The summed E-state index contributed by atoms with van der Waals surface area (Å²) in [5.41, 5.74) is -0.0579. The number of Topliss-reactive ketones (excluding diaryl/α,β-unsaturated/α-hetero) is 1. The standard InChI is InChI=1S/C23H27ClO5/c1-4-5-6-7-10-13-23(18(22(27)29-3)15-20(25)28-2)17-12-9-8-11-16(17)14-19(24)21(23)26/h8-9,11-12,14-15H,4-7,10,13H2,1-3H3/b18-15+/t23-/m0/s1. The number of benzene rings is 1. The van der Waals surface area contributed by atoms with E-state index in [9.17, 15) is 14.4 Å². The van der Waals surface area contributed by atoms with Crippen LogP contribution >= 0.6 is 11.6 Å². The highest BCUT2D eigenvalue weighted by atomic mass is 35.5. The van der Waals surface area contributed by atoms with Gasteiger partial charge < -0.3 is 9.47 Å². The Morgan fingerprint density at radius 3 is 2.41 bits per heavy atom. The first-order valence-corrected chi connectivity index (χ1v) is 10.2. The second-order valence-electron chi connectivity index (χ2n) is 7.05. The van der Waals surface area contributed by atoms with Gasteiger partial charge in [0.1, 0.15) is 0 Å². The Morgan fingerprint density at radius 1 is 1.07 bits per heavy atom. The van der Waals surface area contributed by atoms with Crippen LogP contribution in [0.5, 0.6) is 0 Å². The van der Waals surface area contributed by atoms with E-state index in [-0.39, 0.29) is 10.6 Å². The molecule has 0 radical (unpaired) electrons. The zero-order valence-electron chi connectivity index (χ0n) is 17.1. The summed E-state index contributed by atoms with van der Waals surface area (Å²) in [4.78, 5) is 38.3. The van der Waals surface area contributed by atoms with Gasteiger partial charge in [0.15, 0.2) is 5.78 Å². The Hall–Kier alpha value is -2.40. The zero-order valence-corrected chi connectivity index (χ0v) is 17.9. The lowest BCUT2D eigenvalue weighted by Gasteiger charge is -2.37. The second-order valence-corrected chi connectivity index (χ2v) is 7.46. The van der Waals surface area contributed by atoms with Gasteiger partial charge in [-0.3, -0.25) is 4.79 Å². The van der Waals surface area contributed by atoms with Crippen LogP contribution in [0.1, 0.15) is 56.6 Å². The molecule has 1 aromatic carbocycles. The molecule has 1 aliphatic rings. The highest BCUT2D eigenvalue weighted by Gasteiger charge is 2.50. The van der Waals surface area contributed by atoms with Gasteiger partial charge in [0.25, 0.3) is 0 Å². The summed E-state index contributed by atoms with van der Waals surface area (Å²) in [6, 6.07) is 7.28. The number of esters is 2. The Bertz CT molecular complexity index is 839. The average Bonchev–Trinajstić information content (AvgIpc) is 2.74. The quantitative estimate of drug-likeness (QED) is 0.329. The minimum atomic E-state index is -1.39. The number of unbranched alkanes of at least 4 members (excludes halogenated alkanes) is 4. The van der Waals surface area contributed by atoms with Crippen LogP contribution in [0, 0.1) is 0 Å². The van der Waals surface area contributed by atoms with Crippen molar-refractivity contribution >= 4 is 35.4 Å². The molecular weight excluding hydrogens is 392 g/mol. The molecule has 0 fully saturated rings. The largest absolute Gasteiger partial charge is 0.466 e. The van der Waals surface area contributed by atoms with Gasteiger partial charge in [-0.05, 0) is 23.6 Å². The zero-order chi connectivity index (χ0) is 21.4. The summed E-state index contributed by atoms with van der Waals surface area (Å²) in [6.07, 6.45) is 7.81. The van der Waals surface area contributed by atoms with Crippen LogP contribution in [-0.4, -0.2) is 31.9 Å². The van der Waals surface area contributed by atoms with E-state index in [1.807, 2.05) is 12.1 Å². The molecule has 5 nitrogen and oxygen atoms in total. The van der Waals surface area contributed by atoms with Crippen molar-refractivity contribution in [2.75, 3.05) is 14.2 Å². The van der Waals surface area contributed by atoms with Crippen molar-refractivity contribution in [1.29, 1.82) is 0 Å². The minimum absolute atomic E-state index is 0.0249. The van der Waals surface area contributed by atoms with Gasteiger partial charge >= 0.3 is 11.9 Å². The van der Waals surface area contributed by atoms with Crippen molar-refractivity contribution in [2.24, 2.45) is 0 Å². The normalized spacial score (nSPS) is 18.7. The number of rotatable bonds is 9. The first-order valence-electron chi connectivity index (χ1n) is 9.82. The summed E-state index contributed by atoms with van der Waals surface area (Å²) in [5.74, 6) is -1.89.